The van der Waals surface area contributed by atoms with Crippen LogP contribution in [0, 0.1) is 0 Å². The number of rotatable bonds is 3. The van der Waals surface area contributed by atoms with Gasteiger partial charge >= 0.3 is 6.03 Å². The van der Waals surface area contributed by atoms with Crippen LogP contribution in [0.1, 0.15) is 26.7 Å². The normalized spacial score (nSPS) is 23.9. The van der Waals surface area contributed by atoms with Gasteiger partial charge in [-0.2, -0.15) is 5.10 Å². The van der Waals surface area contributed by atoms with Crippen molar-refractivity contribution in [2.45, 2.75) is 45.4 Å². The average molecular weight is 321 g/mol. The van der Waals surface area contributed by atoms with Gasteiger partial charge in [0, 0.05) is 45.0 Å². The first-order chi connectivity index (χ1) is 11.2. The molecule has 2 saturated heterocycles. The van der Waals surface area contributed by atoms with E-state index in [1.807, 2.05) is 18.0 Å². The van der Waals surface area contributed by atoms with Crippen molar-refractivity contribution in [3.8, 4) is 0 Å². The highest BCUT2D eigenvalue weighted by Gasteiger charge is 2.29. The number of hydrogen-bond acceptors (Lipinski definition) is 4. The quantitative estimate of drug-likeness (QED) is 0.919. The third-order valence-electron chi connectivity index (χ3n) is 4.75. The molecule has 23 heavy (non-hydrogen) atoms. The molecule has 0 spiro atoms. The first kappa shape index (κ1) is 16.3. The molecule has 7 nitrogen and oxygen atoms in total. The van der Waals surface area contributed by atoms with Crippen molar-refractivity contribution in [1.82, 2.24) is 19.6 Å². The third kappa shape index (κ3) is 4.03. The van der Waals surface area contributed by atoms with Crippen LogP contribution in [0.25, 0.3) is 0 Å². The van der Waals surface area contributed by atoms with Crippen molar-refractivity contribution >= 4 is 11.7 Å². The molecule has 0 radical (unpaired) electrons. The van der Waals surface area contributed by atoms with E-state index in [0.29, 0.717) is 12.1 Å². The van der Waals surface area contributed by atoms with Crippen molar-refractivity contribution in [2.75, 3.05) is 38.1 Å². The first-order valence-corrected chi connectivity index (χ1v) is 8.59. The minimum Gasteiger partial charge on any atom is -0.376 e. The predicted molar refractivity (Wildman–Crippen MR) is 88.5 cm³/mol. The Labute approximate surface area is 137 Å². The molecule has 0 bridgehead atoms. The van der Waals surface area contributed by atoms with Gasteiger partial charge in [0.1, 0.15) is 0 Å². The zero-order chi connectivity index (χ0) is 16.2. The number of ether oxygens (including phenoxy) is 1. The van der Waals surface area contributed by atoms with Crippen LogP contribution in [-0.4, -0.2) is 70.5 Å². The molecule has 1 N–H and O–H groups in total. The van der Waals surface area contributed by atoms with Crippen LogP contribution in [0.3, 0.4) is 0 Å². The highest BCUT2D eigenvalue weighted by Crippen LogP contribution is 2.20. The van der Waals surface area contributed by atoms with E-state index < -0.39 is 0 Å². The minimum absolute atomic E-state index is 0.0190. The standard InChI is InChI=1S/C16H27N5O2/c1-3-21-12-14(10-17-21)18-16(22)19-6-4-15(5-7-19)20-8-9-23-13(2)11-20/h10,12-13,15H,3-9,11H2,1-2H3,(H,18,22). The van der Waals surface area contributed by atoms with Crippen molar-refractivity contribution in [3.05, 3.63) is 12.4 Å². The minimum atomic E-state index is -0.0190. The zero-order valence-electron chi connectivity index (χ0n) is 14.1. The molecule has 1 atom stereocenters. The van der Waals surface area contributed by atoms with E-state index in [9.17, 15) is 4.79 Å². The summed E-state index contributed by atoms with van der Waals surface area (Å²) in [6, 6.07) is 0.558. The van der Waals surface area contributed by atoms with Crippen molar-refractivity contribution in [2.24, 2.45) is 0 Å². The number of aromatic nitrogens is 2. The molecule has 0 saturated carbocycles. The summed E-state index contributed by atoms with van der Waals surface area (Å²) in [5, 5.41) is 7.12. The molecule has 7 heteroatoms. The topological polar surface area (TPSA) is 62.6 Å². The third-order valence-corrected chi connectivity index (χ3v) is 4.75. The van der Waals surface area contributed by atoms with E-state index in [0.717, 1.165) is 57.9 Å². The highest BCUT2D eigenvalue weighted by molar-refractivity contribution is 5.89. The number of amides is 2. The summed E-state index contributed by atoms with van der Waals surface area (Å²) in [5.41, 5.74) is 0.765. The number of carbonyl (C=O) groups excluding carboxylic acids is 1. The van der Waals surface area contributed by atoms with Gasteiger partial charge in [-0.25, -0.2) is 4.79 Å². The van der Waals surface area contributed by atoms with Gasteiger partial charge in [-0.3, -0.25) is 9.58 Å². The van der Waals surface area contributed by atoms with Crippen molar-refractivity contribution in [3.63, 3.8) is 0 Å². The molecule has 0 aliphatic carbocycles. The molecule has 1 aromatic heterocycles. The van der Waals surface area contributed by atoms with E-state index in [-0.39, 0.29) is 6.03 Å². The summed E-state index contributed by atoms with van der Waals surface area (Å²) >= 11 is 0. The summed E-state index contributed by atoms with van der Waals surface area (Å²) < 4.78 is 7.42. The number of nitrogens with zero attached hydrogens (tertiary/aromatic N) is 4. The van der Waals surface area contributed by atoms with Crippen LogP contribution in [0.15, 0.2) is 12.4 Å². The number of morpholine rings is 1. The molecule has 2 aliphatic rings. The molecule has 3 rings (SSSR count). The van der Waals surface area contributed by atoms with Crippen LogP contribution in [0.5, 0.6) is 0 Å². The summed E-state index contributed by atoms with van der Waals surface area (Å²) in [6.07, 6.45) is 5.95. The van der Waals surface area contributed by atoms with Crippen LogP contribution in [0.2, 0.25) is 0 Å². The zero-order valence-corrected chi connectivity index (χ0v) is 14.1. The SMILES string of the molecule is CCn1cc(NC(=O)N2CCC(N3CCOC(C)C3)CC2)cn1. The molecular formula is C16H27N5O2. The van der Waals surface area contributed by atoms with Gasteiger partial charge in [0.25, 0.3) is 0 Å². The van der Waals surface area contributed by atoms with Gasteiger partial charge in [0.2, 0.25) is 0 Å². The van der Waals surface area contributed by atoms with Crippen LogP contribution >= 0.6 is 0 Å². The lowest BCUT2D eigenvalue weighted by atomic mass is 10.0. The predicted octanol–water partition coefficient (Wildman–Crippen LogP) is 1.62. The van der Waals surface area contributed by atoms with E-state index in [4.69, 9.17) is 4.74 Å². The van der Waals surface area contributed by atoms with Crippen LogP contribution < -0.4 is 5.32 Å². The Balaban J connectivity index is 1.47. The number of piperidine rings is 1. The number of likely N-dealkylation sites (tertiary alicyclic amines) is 1. The van der Waals surface area contributed by atoms with Crippen LogP contribution in [0.4, 0.5) is 10.5 Å². The number of anilines is 1. The number of carbonyl (C=O) groups is 1. The molecule has 2 aliphatic heterocycles. The lowest BCUT2D eigenvalue weighted by Gasteiger charge is -2.41. The molecule has 128 valence electrons. The number of nitrogens with one attached hydrogen (secondary N) is 1. The molecule has 2 amide bonds. The lowest BCUT2D eigenvalue weighted by Crippen LogP contribution is -2.52. The second kappa shape index (κ2) is 7.31. The summed E-state index contributed by atoms with van der Waals surface area (Å²) in [7, 11) is 0. The number of hydrogen-bond donors (Lipinski definition) is 1. The Kier molecular flexibility index (Phi) is 5.17. The number of urea groups is 1. The molecule has 0 aromatic carbocycles. The molecular weight excluding hydrogens is 294 g/mol. The van der Waals surface area contributed by atoms with E-state index >= 15 is 0 Å². The smallest absolute Gasteiger partial charge is 0.321 e. The highest BCUT2D eigenvalue weighted by atomic mass is 16.5. The van der Waals surface area contributed by atoms with Gasteiger partial charge in [-0.1, -0.05) is 0 Å². The Hall–Kier alpha value is -1.60. The fourth-order valence-corrected chi connectivity index (χ4v) is 3.41. The van der Waals surface area contributed by atoms with E-state index in [1.165, 1.54) is 0 Å². The second-order valence-electron chi connectivity index (χ2n) is 6.41. The maximum absolute atomic E-state index is 12.3. The molecule has 3 heterocycles. The Morgan fingerprint density at radius 1 is 1.39 bits per heavy atom. The summed E-state index contributed by atoms with van der Waals surface area (Å²) in [5.74, 6) is 0. The number of aryl methyl sites for hydroxylation is 1. The van der Waals surface area contributed by atoms with Gasteiger partial charge in [0.15, 0.2) is 0 Å². The fraction of sp³-hybridized carbons (Fsp3) is 0.750. The Morgan fingerprint density at radius 3 is 2.83 bits per heavy atom. The molecule has 1 unspecified atom stereocenters. The Bertz CT molecular complexity index is 524. The molecule has 1 aromatic rings. The van der Waals surface area contributed by atoms with Crippen molar-refractivity contribution < 1.29 is 9.53 Å². The molecule has 2 fully saturated rings. The largest absolute Gasteiger partial charge is 0.376 e. The maximum Gasteiger partial charge on any atom is 0.321 e. The van der Waals surface area contributed by atoms with Crippen molar-refractivity contribution in [1.29, 1.82) is 0 Å². The fourth-order valence-electron chi connectivity index (χ4n) is 3.41. The summed E-state index contributed by atoms with van der Waals surface area (Å²) in [6.45, 7) is 9.42. The van der Waals surface area contributed by atoms with E-state index in [1.54, 1.807) is 10.9 Å². The second-order valence-corrected chi connectivity index (χ2v) is 6.41. The monoisotopic (exact) mass is 321 g/mol. The van der Waals surface area contributed by atoms with Gasteiger partial charge < -0.3 is 15.0 Å². The van der Waals surface area contributed by atoms with Gasteiger partial charge in [-0.15, -0.1) is 0 Å². The maximum atomic E-state index is 12.3. The van der Waals surface area contributed by atoms with Crippen LogP contribution in [-0.2, 0) is 11.3 Å². The average Bonchev–Trinajstić information content (AvgIpc) is 3.02. The first-order valence-electron chi connectivity index (χ1n) is 8.59. The van der Waals surface area contributed by atoms with Gasteiger partial charge in [0.05, 0.1) is 24.6 Å². The van der Waals surface area contributed by atoms with Gasteiger partial charge in [-0.05, 0) is 26.7 Å². The Morgan fingerprint density at radius 2 is 2.17 bits per heavy atom. The van der Waals surface area contributed by atoms with E-state index in [2.05, 4.69) is 22.2 Å². The lowest BCUT2D eigenvalue weighted by molar-refractivity contribution is -0.0415. The summed E-state index contributed by atoms with van der Waals surface area (Å²) in [4.78, 5) is 16.8.